The molecule has 0 aliphatic carbocycles. The number of ether oxygens (including phenoxy) is 1. The molecule has 2 N–H and O–H groups in total. The zero-order valence-corrected chi connectivity index (χ0v) is 12.0. The van der Waals surface area contributed by atoms with E-state index in [2.05, 4.69) is 9.84 Å². The van der Waals surface area contributed by atoms with E-state index >= 15 is 0 Å². The van der Waals surface area contributed by atoms with Crippen LogP contribution >= 0.6 is 0 Å². The summed E-state index contributed by atoms with van der Waals surface area (Å²) in [5, 5.41) is 4.44. The molecule has 0 aliphatic rings. The quantitative estimate of drug-likeness (QED) is 0.866. The number of nitrogens with two attached hydrogens (primary N) is 1. The van der Waals surface area contributed by atoms with Gasteiger partial charge in [0.15, 0.2) is 0 Å². The van der Waals surface area contributed by atoms with E-state index in [9.17, 15) is 4.79 Å². The van der Waals surface area contributed by atoms with Crippen LogP contribution < -0.4 is 5.73 Å². The highest BCUT2D eigenvalue weighted by Gasteiger charge is 2.13. The number of carbonyl (C=O) groups is 1. The summed E-state index contributed by atoms with van der Waals surface area (Å²) in [5.41, 5.74) is 9.88. The molecule has 0 bridgehead atoms. The van der Waals surface area contributed by atoms with Gasteiger partial charge in [0.1, 0.15) is 0 Å². The minimum absolute atomic E-state index is 0.164. The average Bonchev–Trinajstić information content (AvgIpc) is 2.77. The van der Waals surface area contributed by atoms with Gasteiger partial charge in [-0.3, -0.25) is 4.79 Å². The van der Waals surface area contributed by atoms with Crippen molar-refractivity contribution >= 4 is 5.97 Å². The number of benzene rings is 1. The van der Waals surface area contributed by atoms with E-state index in [1.54, 1.807) is 0 Å². The van der Waals surface area contributed by atoms with Gasteiger partial charge in [-0.15, -0.1) is 0 Å². The molecule has 0 spiro atoms. The molecule has 106 valence electrons. The summed E-state index contributed by atoms with van der Waals surface area (Å²) in [6.07, 6.45) is 0.164. The molecule has 0 amide bonds. The first-order valence-electron chi connectivity index (χ1n) is 6.47. The highest BCUT2D eigenvalue weighted by Crippen LogP contribution is 2.19. The summed E-state index contributed by atoms with van der Waals surface area (Å²) >= 11 is 0. The van der Waals surface area contributed by atoms with Gasteiger partial charge in [0.25, 0.3) is 0 Å². The first-order valence-corrected chi connectivity index (χ1v) is 6.47. The Morgan fingerprint density at radius 1 is 1.40 bits per heavy atom. The first-order chi connectivity index (χ1) is 9.51. The molecule has 1 heterocycles. The van der Waals surface area contributed by atoms with Gasteiger partial charge in [-0.25, -0.2) is 4.68 Å². The molecule has 20 heavy (non-hydrogen) atoms. The Morgan fingerprint density at radius 2 is 2.15 bits per heavy atom. The van der Waals surface area contributed by atoms with Crippen LogP contribution in [0.3, 0.4) is 0 Å². The molecule has 1 atom stereocenters. The van der Waals surface area contributed by atoms with Crippen LogP contribution in [0.4, 0.5) is 0 Å². The van der Waals surface area contributed by atoms with E-state index in [-0.39, 0.29) is 18.4 Å². The van der Waals surface area contributed by atoms with Gasteiger partial charge in [0.2, 0.25) is 0 Å². The summed E-state index contributed by atoms with van der Waals surface area (Å²) in [6.45, 7) is 3.96. The van der Waals surface area contributed by atoms with E-state index in [0.29, 0.717) is 0 Å². The molecular weight excluding hydrogens is 254 g/mol. The lowest BCUT2D eigenvalue weighted by molar-refractivity contribution is -0.141. The summed E-state index contributed by atoms with van der Waals surface area (Å²) < 4.78 is 6.51. The van der Waals surface area contributed by atoms with E-state index in [4.69, 9.17) is 5.73 Å². The van der Waals surface area contributed by atoms with E-state index in [1.165, 1.54) is 7.11 Å². The zero-order chi connectivity index (χ0) is 14.7. The van der Waals surface area contributed by atoms with Crippen LogP contribution in [0.1, 0.15) is 29.4 Å². The molecule has 0 fully saturated rings. The molecule has 1 aromatic heterocycles. The second-order valence-electron chi connectivity index (χ2n) is 4.82. The summed E-state index contributed by atoms with van der Waals surface area (Å²) in [4.78, 5) is 11.3. The monoisotopic (exact) mass is 273 g/mol. The van der Waals surface area contributed by atoms with Crippen LogP contribution in [0.2, 0.25) is 0 Å². The number of carbonyl (C=O) groups excluding carboxylic acids is 1. The van der Waals surface area contributed by atoms with E-state index < -0.39 is 0 Å². The Hall–Kier alpha value is -2.14. The molecule has 0 radical (unpaired) electrons. The van der Waals surface area contributed by atoms with E-state index in [0.717, 1.165) is 22.6 Å². The number of nitrogens with zero attached hydrogens (tertiary/aromatic N) is 2. The van der Waals surface area contributed by atoms with E-state index in [1.807, 2.05) is 48.9 Å². The Labute approximate surface area is 118 Å². The highest BCUT2D eigenvalue weighted by molar-refractivity contribution is 5.70. The van der Waals surface area contributed by atoms with Gasteiger partial charge < -0.3 is 10.5 Å². The van der Waals surface area contributed by atoms with Crippen LogP contribution in [0.5, 0.6) is 0 Å². The van der Waals surface area contributed by atoms with Crippen LogP contribution in [-0.4, -0.2) is 22.9 Å². The van der Waals surface area contributed by atoms with Crippen molar-refractivity contribution < 1.29 is 9.53 Å². The number of aryl methyl sites for hydroxylation is 2. The molecule has 0 aliphatic heterocycles. The maximum Gasteiger partial charge on any atom is 0.307 e. The van der Waals surface area contributed by atoms with Crippen LogP contribution in [0.25, 0.3) is 5.69 Å². The number of hydrogen-bond acceptors (Lipinski definition) is 4. The Kier molecular flexibility index (Phi) is 4.20. The molecule has 1 aromatic carbocycles. The van der Waals surface area contributed by atoms with Crippen LogP contribution in [-0.2, 0) is 9.53 Å². The lowest BCUT2D eigenvalue weighted by Crippen LogP contribution is -2.16. The molecule has 5 nitrogen and oxygen atoms in total. The zero-order valence-electron chi connectivity index (χ0n) is 12.0. The number of rotatable bonds is 4. The largest absolute Gasteiger partial charge is 0.469 e. The Morgan fingerprint density at radius 3 is 2.75 bits per heavy atom. The molecule has 2 rings (SSSR count). The standard InChI is InChI=1S/C15H19N3O2/c1-10-7-11(2)18(17-10)13-6-4-5-12(8-13)14(16)9-15(19)20-3/h4-8,14H,9,16H2,1-3H3/t14-/m0/s1. The van der Waals surface area contributed by atoms with Crippen molar-refractivity contribution in [2.24, 2.45) is 5.73 Å². The predicted molar refractivity (Wildman–Crippen MR) is 76.6 cm³/mol. The fourth-order valence-electron chi connectivity index (χ4n) is 2.16. The van der Waals surface area contributed by atoms with Crippen LogP contribution in [0, 0.1) is 13.8 Å². The molecule has 0 saturated carbocycles. The van der Waals surface area contributed by atoms with Crippen molar-refractivity contribution in [2.75, 3.05) is 7.11 Å². The molecule has 0 unspecified atom stereocenters. The fourth-order valence-corrected chi connectivity index (χ4v) is 2.16. The number of aromatic nitrogens is 2. The second-order valence-corrected chi connectivity index (χ2v) is 4.82. The summed E-state index contributed by atoms with van der Waals surface area (Å²) in [5.74, 6) is -0.311. The minimum atomic E-state index is -0.376. The average molecular weight is 273 g/mol. The normalized spacial score (nSPS) is 12.2. The van der Waals surface area contributed by atoms with Gasteiger partial charge >= 0.3 is 5.97 Å². The van der Waals surface area contributed by atoms with Gasteiger partial charge in [0.05, 0.1) is 24.9 Å². The summed E-state index contributed by atoms with van der Waals surface area (Å²) in [6, 6.07) is 9.38. The maximum atomic E-state index is 11.3. The number of methoxy groups -OCH3 is 1. The Bertz CT molecular complexity index is 619. The van der Waals surface area contributed by atoms with Crippen molar-refractivity contribution in [3.8, 4) is 5.69 Å². The third-order valence-corrected chi connectivity index (χ3v) is 3.17. The maximum absolute atomic E-state index is 11.3. The lowest BCUT2D eigenvalue weighted by atomic mass is 10.0. The van der Waals surface area contributed by atoms with Gasteiger partial charge in [0, 0.05) is 11.7 Å². The second kappa shape index (κ2) is 5.88. The molecular formula is C15H19N3O2. The van der Waals surface area contributed by atoms with Gasteiger partial charge in [-0.2, -0.15) is 5.10 Å². The number of hydrogen-bond donors (Lipinski definition) is 1. The topological polar surface area (TPSA) is 70.1 Å². The third-order valence-electron chi connectivity index (χ3n) is 3.17. The van der Waals surface area contributed by atoms with Crippen molar-refractivity contribution in [3.05, 3.63) is 47.3 Å². The fraction of sp³-hybridized carbons (Fsp3) is 0.333. The molecule has 0 saturated heterocycles. The smallest absolute Gasteiger partial charge is 0.307 e. The number of esters is 1. The van der Waals surface area contributed by atoms with Crippen molar-refractivity contribution in [1.82, 2.24) is 9.78 Å². The van der Waals surface area contributed by atoms with Gasteiger partial charge in [-0.1, -0.05) is 12.1 Å². The highest BCUT2D eigenvalue weighted by atomic mass is 16.5. The minimum Gasteiger partial charge on any atom is -0.469 e. The van der Waals surface area contributed by atoms with Crippen LogP contribution in [0.15, 0.2) is 30.3 Å². The van der Waals surface area contributed by atoms with Crippen molar-refractivity contribution in [2.45, 2.75) is 26.3 Å². The van der Waals surface area contributed by atoms with Crippen molar-refractivity contribution in [1.29, 1.82) is 0 Å². The predicted octanol–water partition coefficient (Wildman–Crippen LogP) is 2.05. The SMILES string of the molecule is COC(=O)C[C@H](N)c1cccc(-n2nc(C)cc2C)c1. The summed E-state index contributed by atoms with van der Waals surface area (Å²) in [7, 11) is 1.36. The lowest BCUT2D eigenvalue weighted by Gasteiger charge is -2.12. The molecule has 2 aromatic rings. The molecule has 5 heteroatoms. The Balaban J connectivity index is 2.28. The first kappa shape index (κ1) is 14.3. The third kappa shape index (κ3) is 3.05. The van der Waals surface area contributed by atoms with Gasteiger partial charge in [-0.05, 0) is 37.6 Å². The van der Waals surface area contributed by atoms with Crippen molar-refractivity contribution in [3.63, 3.8) is 0 Å².